The highest BCUT2D eigenvalue weighted by atomic mass is 16.5. The molecule has 0 aliphatic carbocycles. The zero-order valence-corrected chi connectivity index (χ0v) is 6.12. The molecule has 0 bridgehead atoms. The van der Waals surface area contributed by atoms with Crippen molar-refractivity contribution in [1.82, 2.24) is 5.32 Å². The predicted octanol–water partition coefficient (Wildman–Crippen LogP) is -0.695. The summed E-state index contributed by atoms with van der Waals surface area (Å²) in [7, 11) is 0. The lowest BCUT2D eigenvalue weighted by Gasteiger charge is -2.10. The van der Waals surface area contributed by atoms with Gasteiger partial charge >= 0.3 is 5.97 Å². The molecule has 62 valence electrons. The van der Waals surface area contributed by atoms with E-state index in [0.29, 0.717) is 12.5 Å². The third-order valence-corrected chi connectivity index (χ3v) is 2.54. The van der Waals surface area contributed by atoms with E-state index in [1.54, 1.807) is 0 Å². The van der Waals surface area contributed by atoms with Gasteiger partial charge in [-0.1, -0.05) is 0 Å². The second kappa shape index (κ2) is 2.46. The van der Waals surface area contributed by atoms with Crippen LogP contribution in [-0.4, -0.2) is 36.9 Å². The van der Waals surface area contributed by atoms with Gasteiger partial charge in [-0.05, 0) is 0 Å². The number of carbonyl (C=O) groups is 1. The van der Waals surface area contributed by atoms with Crippen molar-refractivity contribution in [3.63, 3.8) is 0 Å². The molecule has 2 heterocycles. The van der Waals surface area contributed by atoms with Gasteiger partial charge in [0.2, 0.25) is 0 Å². The second-order valence-corrected chi connectivity index (χ2v) is 3.19. The largest absolute Gasteiger partial charge is 0.480 e. The minimum Gasteiger partial charge on any atom is -0.480 e. The van der Waals surface area contributed by atoms with Gasteiger partial charge in [-0.15, -0.1) is 0 Å². The highest BCUT2D eigenvalue weighted by Gasteiger charge is 2.43. The summed E-state index contributed by atoms with van der Waals surface area (Å²) in [5, 5.41) is 11.7. The molecular weight excluding hydrogens is 146 g/mol. The van der Waals surface area contributed by atoms with Crippen LogP contribution in [0.4, 0.5) is 0 Å². The summed E-state index contributed by atoms with van der Waals surface area (Å²) in [5.74, 6) is -0.119. The Morgan fingerprint density at radius 3 is 3.09 bits per heavy atom. The second-order valence-electron chi connectivity index (χ2n) is 3.19. The number of carboxylic acids is 1. The van der Waals surface area contributed by atoms with Gasteiger partial charge in [0.05, 0.1) is 13.2 Å². The third kappa shape index (κ3) is 1.02. The van der Waals surface area contributed by atoms with Crippen molar-refractivity contribution in [2.75, 3.05) is 19.8 Å². The molecule has 0 amide bonds. The van der Waals surface area contributed by atoms with Crippen molar-refractivity contribution >= 4 is 5.97 Å². The van der Waals surface area contributed by atoms with E-state index in [1.807, 2.05) is 0 Å². The molecule has 0 aromatic heterocycles. The van der Waals surface area contributed by atoms with Crippen molar-refractivity contribution in [1.29, 1.82) is 0 Å². The minimum absolute atomic E-state index is 0.201. The maximum absolute atomic E-state index is 10.6. The highest BCUT2D eigenvalue weighted by molar-refractivity contribution is 5.74. The van der Waals surface area contributed by atoms with Crippen LogP contribution in [-0.2, 0) is 9.53 Å². The number of rotatable bonds is 1. The fourth-order valence-electron chi connectivity index (χ4n) is 1.89. The van der Waals surface area contributed by atoms with Crippen molar-refractivity contribution in [2.45, 2.75) is 6.04 Å². The van der Waals surface area contributed by atoms with Crippen molar-refractivity contribution < 1.29 is 14.6 Å². The Hall–Kier alpha value is -0.610. The van der Waals surface area contributed by atoms with Gasteiger partial charge < -0.3 is 15.2 Å². The van der Waals surface area contributed by atoms with E-state index in [-0.39, 0.29) is 12.0 Å². The smallest absolute Gasteiger partial charge is 0.321 e. The third-order valence-electron chi connectivity index (χ3n) is 2.54. The van der Waals surface area contributed by atoms with Crippen molar-refractivity contribution in [3.8, 4) is 0 Å². The van der Waals surface area contributed by atoms with Crippen molar-refractivity contribution in [2.24, 2.45) is 11.8 Å². The van der Waals surface area contributed by atoms with Crippen LogP contribution < -0.4 is 5.32 Å². The van der Waals surface area contributed by atoms with Gasteiger partial charge in [0, 0.05) is 18.4 Å². The van der Waals surface area contributed by atoms with Gasteiger partial charge in [-0.25, -0.2) is 0 Å². The number of hydrogen-bond donors (Lipinski definition) is 2. The summed E-state index contributed by atoms with van der Waals surface area (Å²) < 4.78 is 5.19. The first kappa shape index (κ1) is 7.06. The highest BCUT2D eigenvalue weighted by Crippen LogP contribution is 2.28. The molecule has 0 spiro atoms. The Labute approximate surface area is 64.5 Å². The van der Waals surface area contributed by atoms with E-state index in [4.69, 9.17) is 9.84 Å². The maximum Gasteiger partial charge on any atom is 0.321 e. The molecule has 2 aliphatic rings. The van der Waals surface area contributed by atoms with Crippen LogP contribution in [0.1, 0.15) is 0 Å². The average Bonchev–Trinajstić information content (AvgIpc) is 2.41. The summed E-state index contributed by atoms with van der Waals surface area (Å²) >= 11 is 0. The van der Waals surface area contributed by atoms with Crippen LogP contribution >= 0.6 is 0 Å². The molecule has 2 rings (SSSR count). The van der Waals surface area contributed by atoms with Crippen LogP contribution in [0.25, 0.3) is 0 Å². The number of fused-ring (bicyclic) bond motifs is 1. The lowest BCUT2D eigenvalue weighted by atomic mass is 9.94. The van der Waals surface area contributed by atoms with E-state index in [9.17, 15) is 4.79 Å². The molecule has 2 aliphatic heterocycles. The summed E-state index contributed by atoms with van der Waals surface area (Å²) in [5.41, 5.74) is 0. The first-order valence-corrected chi connectivity index (χ1v) is 3.83. The number of ether oxygens (including phenoxy) is 1. The minimum atomic E-state index is -0.747. The van der Waals surface area contributed by atoms with Gasteiger partial charge in [0.15, 0.2) is 0 Å². The number of carboxylic acid groups (broad SMARTS) is 1. The Bertz CT molecular complexity index is 183. The summed E-state index contributed by atoms with van der Waals surface area (Å²) in [6.07, 6.45) is 0. The zero-order valence-electron chi connectivity index (χ0n) is 6.12. The summed E-state index contributed by atoms with van der Waals surface area (Å²) in [4.78, 5) is 10.6. The molecule has 2 N–H and O–H groups in total. The lowest BCUT2D eigenvalue weighted by Crippen LogP contribution is -2.36. The van der Waals surface area contributed by atoms with Gasteiger partial charge in [-0.3, -0.25) is 4.79 Å². The van der Waals surface area contributed by atoms with Crippen LogP contribution in [0.5, 0.6) is 0 Å². The Morgan fingerprint density at radius 2 is 2.36 bits per heavy atom. The average molecular weight is 157 g/mol. The normalized spacial score (nSPS) is 42.4. The van der Waals surface area contributed by atoms with Crippen LogP contribution in [0, 0.1) is 11.8 Å². The van der Waals surface area contributed by atoms with E-state index >= 15 is 0 Å². The number of nitrogens with one attached hydrogen (secondary N) is 1. The summed E-state index contributed by atoms with van der Waals surface area (Å²) in [6, 6.07) is -0.373. The molecule has 3 atom stereocenters. The Balaban J connectivity index is 2.08. The molecule has 2 saturated heterocycles. The first-order valence-electron chi connectivity index (χ1n) is 3.83. The van der Waals surface area contributed by atoms with Crippen molar-refractivity contribution in [3.05, 3.63) is 0 Å². The fraction of sp³-hybridized carbons (Fsp3) is 0.857. The molecule has 4 nitrogen and oxygen atoms in total. The molecule has 2 fully saturated rings. The fourth-order valence-corrected chi connectivity index (χ4v) is 1.89. The van der Waals surface area contributed by atoms with Crippen LogP contribution in [0.3, 0.4) is 0 Å². The molecule has 0 saturated carbocycles. The standard InChI is InChI=1S/C7H11NO3/c9-7(10)6-5-3-11-2-4(5)1-8-6/h4-6,8H,1-3H2,(H,9,10). The number of hydrogen-bond acceptors (Lipinski definition) is 3. The topological polar surface area (TPSA) is 58.6 Å². The number of aliphatic carboxylic acids is 1. The molecule has 3 unspecified atom stereocenters. The monoisotopic (exact) mass is 157 g/mol. The first-order chi connectivity index (χ1) is 5.29. The van der Waals surface area contributed by atoms with Crippen LogP contribution in [0.15, 0.2) is 0 Å². The predicted molar refractivity (Wildman–Crippen MR) is 37.2 cm³/mol. The molecule has 0 aromatic carbocycles. The SMILES string of the molecule is O=C(O)C1NCC2COCC21. The quantitative estimate of drug-likeness (QED) is 0.528. The maximum atomic E-state index is 10.6. The molecule has 0 radical (unpaired) electrons. The lowest BCUT2D eigenvalue weighted by molar-refractivity contribution is -0.140. The molecule has 11 heavy (non-hydrogen) atoms. The molecule has 0 aromatic rings. The molecule has 4 heteroatoms. The summed E-state index contributed by atoms with van der Waals surface area (Å²) in [6.45, 7) is 2.12. The van der Waals surface area contributed by atoms with Gasteiger partial charge in [-0.2, -0.15) is 0 Å². The molecular formula is C7H11NO3. The zero-order chi connectivity index (χ0) is 7.84. The van der Waals surface area contributed by atoms with Crippen LogP contribution in [0.2, 0.25) is 0 Å². The van der Waals surface area contributed by atoms with E-state index < -0.39 is 5.97 Å². The van der Waals surface area contributed by atoms with E-state index in [1.165, 1.54) is 0 Å². The Morgan fingerprint density at radius 1 is 1.55 bits per heavy atom. The van der Waals surface area contributed by atoms with E-state index in [2.05, 4.69) is 5.32 Å². The van der Waals surface area contributed by atoms with Gasteiger partial charge in [0.1, 0.15) is 6.04 Å². The Kier molecular flexibility index (Phi) is 1.58. The van der Waals surface area contributed by atoms with E-state index in [0.717, 1.165) is 13.2 Å². The van der Waals surface area contributed by atoms with Gasteiger partial charge in [0.25, 0.3) is 0 Å².